The van der Waals surface area contributed by atoms with Crippen molar-refractivity contribution in [2.45, 2.75) is 32.4 Å². The molecule has 0 aromatic heterocycles. The Labute approximate surface area is 124 Å². The zero-order chi connectivity index (χ0) is 15.2. The molecule has 21 heavy (non-hydrogen) atoms. The second kappa shape index (κ2) is 7.38. The second-order valence-electron chi connectivity index (χ2n) is 5.51. The van der Waals surface area contributed by atoms with E-state index in [1.807, 2.05) is 0 Å². The number of nitrogens with one attached hydrogen (secondary N) is 1. The minimum absolute atomic E-state index is 0.0870. The number of benzene rings is 1. The van der Waals surface area contributed by atoms with Gasteiger partial charge in [0.2, 0.25) is 0 Å². The summed E-state index contributed by atoms with van der Waals surface area (Å²) in [6, 6.07) is 5.07. The highest BCUT2D eigenvalue weighted by molar-refractivity contribution is 5.97. The maximum absolute atomic E-state index is 13.9. The standard InChI is InChI=1S/C15H23FN4O/c1-11(20-6-2-3-7-20)9-18-10-13-5-4-12(8-14(13)16)15(17)19-21/h4-5,8,11,18,21H,2-3,6-7,9-10H2,1H3,(H2,17,19). The van der Waals surface area contributed by atoms with Gasteiger partial charge in [0.05, 0.1) is 0 Å². The SMILES string of the molecule is CC(CNCc1ccc(/C(N)=N/O)cc1F)N1CCCC1. The van der Waals surface area contributed by atoms with Gasteiger partial charge in [-0.05, 0) is 38.9 Å². The third-order valence-electron chi connectivity index (χ3n) is 3.98. The molecule has 0 amide bonds. The van der Waals surface area contributed by atoms with E-state index in [9.17, 15) is 4.39 Å². The van der Waals surface area contributed by atoms with Gasteiger partial charge in [-0.15, -0.1) is 0 Å². The van der Waals surface area contributed by atoms with E-state index in [1.54, 1.807) is 12.1 Å². The molecule has 1 heterocycles. The molecule has 0 bridgehead atoms. The van der Waals surface area contributed by atoms with Gasteiger partial charge in [-0.2, -0.15) is 0 Å². The van der Waals surface area contributed by atoms with Crippen LogP contribution in [0, 0.1) is 5.82 Å². The largest absolute Gasteiger partial charge is 0.409 e. The summed E-state index contributed by atoms with van der Waals surface area (Å²) in [7, 11) is 0. The Hall–Kier alpha value is -1.66. The number of likely N-dealkylation sites (tertiary alicyclic amines) is 1. The summed E-state index contributed by atoms with van der Waals surface area (Å²) >= 11 is 0. The van der Waals surface area contributed by atoms with Crippen molar-refractivity contribution >= 4 is 5.84 Å². The molecule has 5 nitrogen and oxygen atoms in total. The van der Waals surface area contributed by atoms with Crippen molar-refractivity contribution in [3.05, 3.63) is 35.1 Å². The molecular formula is C15H23FN4O. The fourth-order valence-electron chi connectivity index (χ4n) is 2.63. The number of rotatable bonds is 6. The molecule has 0 saturated carbocycles. The number of hydrogen-bond acceptors (Lipinski definition) is 4. The molecule has 1 unspecified atom stereocenters. The smallest absolute Gasteiger partial charge is 0.170 e. The Morgan fingerprint density at radius 2 is 2.19 bits per heavy atom. The Morgan fingerprint density at radius 1 is 1.48 bits per heavy atom. The Balaban J connectivity index is 1.85. The number of nitrogens with two attached hydrogens (primary N) is 1. The van der Waals surface area contributed by atoms with Gasteiger partial charge < -0.3 is 16.3 Å². The van der Waals surface area contributed by atoms with Gasteiger partial charge in [-0.1, -0.05) is 17.3 Å². The molecule has 2 rings (SSSR count). The summed E-state index contributed by atoms with van der Waals surface area (Å²) in [5, 5.41) is 14.7. The molecule has 0 radical (unpaired) electrons. The van der Waals surface area contributed by atoms with Gasteiger partial charge in [0.1, 0.15) is 5.82 Å². The first kappa shape index (κ1) is 15.7. The summed E-state index contributed by atoms with van der Waals surface area (Å²) < 4.78 is 13.9. The summed E-state index contributed by atoms with van der Waals surface area (Å²) in [6.07, 6.45) is 2.54. The molecule has 0 aliphatic carbocycles. The maximum atomic E-state index is 13.9. The fraction of sp³-hybridized carbons (Fsp3) is 0.533. The summed E-state index contributed by atoms with van der Waals surface area (Å²) in [4.78, 5) is 2.45. The Morgan fingerprint density at radius 3 is 2.81 bits per heavy atom. The second-order valence-corrected chi connectivity index (χ2v) is 5.51. The quantitative estimate of drug-likeness (QED) is 0.322. The summed E-state index contributed by atoms with van der Waals surface area (Å²) in [5.41, 5.74) is 6.40. The van der Waals surface area contributed by atoms with Crippen molar-refractivity contribution in [1.29, 1.82) is 0 Å². The molecule has 1 saturated heterocycles. The zero-order valence-corrected chi connectivity index (χ0v) is 12.3. The van der Waals surface area contributed by atoms with Crippen LogP contribution in [-0.4, -0.2) is 41.6 Å². The first-order valence-electron chi connectivity index (χ1n) is 7.33. The lowest BCUT2D eigenvalue weighted by atomic mass is 10.1. The highest BCUT2D eigenvalue weighted by atomic mass is 19.1. The van der Waals surface area contributed by atoms with E-state index in [1.165, 1.54) is 18.9 Å². The van der Waals surface area contributed by atoms with Gasteiger partial charge in [-0.3, -0.25) is 4.90 Å². The molecule has 1 aromatic carbocycles. The Kier molecular flexibility index (Phi) is 5.52. The fourth-order valence-corrected chi connectivity index (χ4v) is 2.63. The zero-order valence-electron chi connectivity index (χ0n) is 12.3. The van der Waals surface area contributed by atoms with Crippen LogP contribution < -0.4 is 11.1 Å². The topological polar surface area (TPSA) is 73.9 Å². The monoisotopic (exact) mass is 294 g/mol. The van der Waals surface area contributed by atoms with Gasteiger partial charge in [0.15, 0.2) is 5.84 Å². The van der Waals surface area contributed by atoms with Crippen LogP contribution in [0.15, 0.2) is 23.4 Å². The van der Waals surface area contributed by atoms with Crippen molar-refractivity contribution < 1.29 is 9.60 Å². The molecule has 1 atom stereocenters. The normalized spacial score (nSPS) is 18.1. The average molecular weight is 294 g/mol. The van der Waals surface area contributed by atoms with E-state index in [0.29, 0.717) is 23.7 Å². The van der Waals surface area contributed by atoms with Crippen LogP contribution >= 0.6 is 0 Å². The average Bonchev–Trinajstić information content (AvgIpc) is 3.02. The highest BCUT2D eigenvalue weighted by Gasteiger charge is 2.17. The number of hydrogen-bond donors (Lipinski definition) is 3. The first-order valence-corrected chi connectivity index (χ1v) is 7.33. The van der Waals surface area contributed by atoms with Crippen molar-refractivity contribution in [2.24, 2.45) is 10.9 Å². The van der Waals surface area contributed by atoms with Crippen molar-refractivity contribution in [3.63, 3.8) is 0 Å². The van der Waals surface area contributed by atoms with Crippen molar-refractivity contribution in [1.82, 2.24) is 10.2 Å². The predicted octanol–water partition coefficient (Wildman–Crippen LogP) is 1.49. The van der Waals surface area contributed by atoms with Gasteiger partial charge >= 0.3 is 0 Å². The van der Waals surface area contributed by atoms with Gasteiger partial charge in [0, 0.05) is 30.3 Å². The third-order valence-corrected chi connectivity index (χ3v) is 3.98. The molecule has 0 spiro atoms. The molecule has 1 aliphatic heterocycles. The van der Waals surface area contributed by atoms with Crippen LogP contribution in [0.1, 0.15) is 30.9 Å². The van der Waals surface area contributed by atoms with E-state index < -0.39 is 0 Å². The molecule has 116 valence electrons. The molecule has 6 heteroatoms. The molecule has 1 aromatic rings. The van der Waals surface area contributed by atoms with Crippen LogP contribution in [0.4, 0.5) is 4.39 Å². The maximum Gasteiger partial charge on any atom is 0.170 e. The first-order chi connectivity index (χ1) is 10.1. The van der Waals surface area contributed by atoms with E-state index in [2.05, 4.69) is 22.3 Å². The van der Waals surface area contributed by atoms with Crippen LogP contribution in [0.5, 0.6) is 0 Å². The number of amidine groups is 1. The molecule has 4 N–H and O–H groups in total. The van der Waals surface area contributed by atoms with E-state index in [0.717, 1.165) is 19.6 Å². The highest BCUT2D eigenvalue weighted by Crippen LogP contribution is 2.12. The van der Waals surface area contributed by atoms with E-state index >= 15 is 0 Å². The van der Waals surface area contributed by atoms with Gasteiger partial charge in [0.25, 0.3) is 0 Å². The predicted molar refractivity (Wildman–Crippen MR) is 80.9 cm³/mol. The van der Waals surface area contributed by atoms with Crippen molar-refractivity contribution in [3.8, 4) is 0 Å². The minimum Gasteiger partial charge on any atom is -0.409 e. The Bertz CT molecular complexity index is 500. The van der Waals surface area contributed by atoms with Crippen LogP contribution in [0.2, 0.25) is 0 Å². The number of halogens is 1. The lowest BCUT2D eigenvalue weighted by molar-refractivity contribution is 0.251. The minimum atomic E-state index is -0.347. The summed E-state index contributed by atoms with van der Waals surface area (Å²) in [5.74, 6) is -0.434. The van der Waals surface area contributed by atoms with Crippen LogP contribution in [0.3, 0.4) is 0 Å². The lowest BCUT2D eigenvalue weighted by Gasteiger charge is -2.24. The van der Waals surface area contributed by atoms with E-state index in [4.69, 9.17) is 10.9 Å². The number of nitrogens with zero attached hydrogens (tertiary/aromatic N) is 2. The van der Waals surface area contributed by atoms with Gasteiger partial charge in [-0.25, -0.2) is 4.39 Å². The molecule has 1 aliphatic rings. The van der Waals surface area contributed by atoms with Crippen LogP contribution in [-0.2, 0) is 6.54 Å². The van der Waals surface area contributed by atoms with Crippen LogP contribution in [0.25, 0.3) is 0 Å². The third kappa shape index (κ3) is 4.15. The summed E-state index contributed by atoms with van der Waals surface area (Å²) in [6.45, 7) is 5.81. The lowest BCUT2D eigenvalue weighted by Crippen LogP contribution is -2.38. The van der Waals surface area contributed by atoms with E-state index in [-0.39, 0.29) is 11.7 Å². The van der Waals surface area contributed by atoms with Crippen molar-refractivity contribution in [2.75, 3.05) is 19.6 Å². The molecular weight excluding hydrogens is 271 g/mol. The molecule has 1 fully saturated rings. The number of oxime groups is 1.